The van der Waals surface area contributed by atoms with Crippen molar-refractivity contribution in [3.8, 4) is 6.01 Å². The number of nitrogens with two attached hydrogens (primary N) is 1. The minimum Gasteiger partial charge on any atom is -0.480 e. The number of benzene rings is 1. The van der Waals surface area contributed by atoms with Gasteiger partial charge < -0.3 is 10.8 Å². The van der Waals surface area contributed by atoms with Gasteiger partial charge in [-0.1, -0.05) is 62.9 Å². The summed E-state index contributed by atoms with van der Waals surface area (Å²) in [7, 11) is 0. The molecule has 3 aromatic rings. The standard InChI is InChI=1S/C19H25N5O/c1-2-3-4-5-9-12-15-21-17(20)16-18(22-15)24(19(25)23-16)13-14-10-7-6-8-11-14/h6-8,10-11H,2-5,9,12-13H2,1H3,(H,23,25)(H2,20,21,22). The predicted octanol–water partition coefficient (Wildman–Crippen LogP) is 3.68. The molecule has 3 rings (SSSR count). The summed E-state index contributed by atoms with van der Waals surface area (Å²) >= 11 is 0. The van der Waals surface area contributed by atoms with Crippen molar-refractivity contribution in [1.82, 2.24) is 19.5 Å². The third-order valence-electron chi connectivity index (χ3n) is 4.34. The topological polar surface area (TPSA) is 89.9 Å². The number of hydrogen-bond acceptors (Lipinski definition) is 5. The highest BCUT2D eigenvalue weighted by atomic mass is 16.3. The molecule has 0 saturated heterocycles. The molecule has 0 aliphatic heterocycles. The van der Waals surface area contributed by atoms with Gasteiger partial charge in [0.15, 0.2) is 17.0 Å². The highest BCUT2D eigenvalue weighted by Gasteiger charge is 2.16. The molecule has 0 spiro atoms. The molecule has 0 aliphatic carbocycles. The predicted molar refractivity (Wildman–Crippen MR) is 99.4 cm³/mol. The summed E-state index contributed by atoms with van der Waals surface area (Å²) in [6, 6.07) is 9.83. The van der Waals surface area contributed by atoms with E-state index in [-0.39, 0.29) is 6.01 Å². The molecule has 3 N–H and O–H groups in total. The molecule has 0 amide bonds. The van der Waals surface area contributed by atoms with Gasteiger partial charge in [-0.3, -0.25) is 4.57 Å². The average molecular weight is 339 g/mol. The fourth-order valence-corrected chi connectivity index (χ4v) is 2.97. The third-order valence-corrected chi connectivity index (χ3v) is 4.34. The molecule has 0 fully saturated rings. The van der Waals surface area contributed by atoms with E-state index in [1.165, 1.54) is 25.7 Å². The van der Waals surface area contributed by atoms with E-state index < -0.39 is 0 Å². The normalized spacial score (nSPS) is 11.2. The number of anilines is 1. The zero-order valence-corrected chi connectivity index (χ0v) is 14.6. The van der Waals surface area contributed by atoms with Crippen molar-refractivity contribution in [2.24, 2.45) is 0 Å². The number of hydrogen-bond donors (Lipinski definition) is 2. The molecular weight excluding hydrogens is 314 g/mol. The van der Waals surface area contributed by atoms with Crippen molar-refractivity contribution in [2.45, 2.75) is 52.0 Å². The second-order valence-corrected chi connectivity index (χ2v) is 6.35. The maximum atomic E-state index is 10.2. The van der Waals surface area contributed by atoms with Crippen molar-refractivity contribution in [3.63, 3.8) is 0 Å². The highest BCUT2D eigenvalue weighted by molar-refractivity contribution is 5.82. The monoisotopic (exact) mass is 339 g/mol. The number of unbranched alkanes of at least 4 members (excludes halogenated alkanes) is 4. The quantitative estimate of drug-likeness (QED) is 0.611. The second kappa shape index (κ2) is 7.96. The summed E-state index contributed by atoms with van der Waals surface area (Å²) in [5.74, 6) is 1.05. The summed E-state index contributed by atoms with van der Waals surface area (Å²) in [6.07, 6.45) is 6.74. The summed E-state index contributed by atoms with van der Waals surface area (Å²) in [4.78, 5) is 13.1. The summed E-state index contributed by atoms with van der Waals surface area (Å²) in [6.45, 7) is 2.70. The smallest absolute Gasteiger partial charge is 0.296 e. The van der Waals surface area contributed by atoms with Crippen LogP contribution in [0.2, 0.25) is 0 Å². The SMILES string of the molecule is CCCCCCCc1nc(N)c2nc(O)n(Cc3ccccc3)c2n1. The van der Waals surface area contributed by atoms with Crippen LogP contribution in [-0.4, -0.2) is 24.6 Å². The van der Waals surface area contributed by atoms with Gasteiger partial charge in [0, 0.05) is 6.42 Å². The molecule has 1 aromatic carbocycles. The first-order valence-corrected chi connectivity index (χ1v) is 8.94. The van der Waals surface area contributed by atoms with Gasteiger partial charge in [0.1, 0.15) is 5.82 Å². The van der Waals surface area contributed by atoms with Gasteiger partial charge in [0.2, 0.25) is 0 Å². The number of aromatic hydroxyl groups is 1. The van der Waals surface area contributed by atoms with Crippen LogP contribution in [0.25, 0.3) is 11.2 Å². The number of rotatable bonds is 8. The first-order chi connectivity index (χ1) is 12.2. The number of imidazole rings is 1. The fourth-order valence-electron chi connectivity index (χ4n) is 2.97. The Hall–Kier alpha value is -2.63. The summed E-state index contributed by atoms with van der Waals surface area (Å²) in [5.41, 5.74) is 8.17. The molecule has 0 atom stereocenters. The Morgan fingerprint density at radius 1 is 1.00 bits per heavy atom. The lowest BCUT2D eigenvalue weighted by Crippen LogP contribution is -2.05. The molecule has 6 heteroatoms. The van der Waals surface area contributed by atoms with Crippen LogP contribution in [0.15, 0.2) is 30.3 Å². The number of aromatic nitrogens is 4. The molecule has 0 unspecified atom stereocenters. The van der Waals surface area contributed by atoms with E-state index >= 15 is 0 Å². The molecule has 2 heterocycles. The Morgan fingerprint density at radius 3 is 2.52 bits per heavy atom. The number of nitrogen functional groups attached to an aromatic ring is 1. The lowest BCUT2D eigenvalue weighted by molar-refractivity contribution is 0.408. The second-order valence-electron chi connectivity index (χ2n) is 6.35. The van der Waals surface area contributed by atoms with Gasteiger partial charge in [-0.05, 0) is 12.0 Å². The van der Waals surface area contributed by atoms with Crippen LogP contribution in [-0.2, 0) is 13.0 Å². The largest absolute Gasteiger partial charge is 0.480 e. The van der Waals surface area contributed by atoms with Crippen molar-refractivity contribution < 1.29 is 5.11 Å². The number of fused-ring (bicyclic) bond motifs is 1. The maximum Gasteiger partial charge on any atom is 0.296 e. The van der Waals surface area contributed by atoms with E-state index in [0.717, 1.165) is 24.2 Å². The molecule has 6 nitrogen and oxygen atoms in total. The molecule has 0 aliphatic rings. The van der Waals surface area contributed by atoms with Crippen LogP contribution in [0, 0.1) is 0 Å². The van der Waals surface area contributed by atoms with Gasteiger partial charge in [-0.25, -0.2) is 9.97 Å². The molecule has 0 bridgehead atoms. The zero-order valence-electron chi connectivity index (χ0n) is 14.6. The van der Waals surface area contributed by atoms with Gasteiger partial charge in [0.25, 0.3) is 6.01 Å². The zero-order chi connectivity index (χ0) is 17.6. The van der Waals surface area contributed by atoms with Crippen molar-refractivity contribution in [2.75, 3.05) is 5.73 Å². The van der Waals surface area contributed by atoms with Crippen molar-refractivity contribution in [3.05, 3.63) is 41.7 Å². The number of aryl methyl sites for hydroxylation is 1. The average Bonchev–Trinajstić information content (AvgIpc) is 2.92. The lowest BCUT2D eigenvalue weighted by Gasteiger charge is -2.07. The molecule has 132 valence electrons. The third kappa shape index (κ3) is 4.07. The minimum absolute atomic E-state index is 0.0834. The van der Waals surface area contributed by atoms with Gasteiger partial charge in [-0.2, -0.15) is 4.98 Å². The fraction of sp³-hybridized carbons (Fsp3) is 0.421. The van der Waals surface area contributed by atoms with Crippen molar-refractivity contribution >= 4 is 17.0 Å². The Labute approximate surface area is 147 Å². The molecule has 25 heavy (non-hydrogen) atoms. The van der Waals surface area contributed by atoms with Gasteiger partial charge in [-0.15, -0.1) is 0 Å². The van der Waals surface area contributed by atoms with Crippen LogP contribution >= 0.6 is 0 Å². The van der Waals surface area contributed by atoms with E-state index in [2.05, 4.69) is 21.9 Å². The van der Waals surface area contributed by atoms with E-state index in [4.69, 9.17) is 5.73 Å². The lowest BCUT2D eigenvalue weighted by atomic mass is 10.1. The van der Waals surface area contributed by atoms with E-state index in [0.29, 0.717) is 23.5 Å². The van der Waals surface area contributed by atoms with E-state index in [1.807, 2.05) is 30.3 Å². The summed E-state index contributed by atoms with van der Waals surface area (Å²) < 4.78 is 1.68. The molecule has 2 aromatic heterocycles. The summed E-state index contributed by atoms with van der Waals surface area (Å²) in [5, 5.41) is 10.2. The van der Waals surface area contributed by atoms with Gasteiger partial charge in [0.05, 0.1) is 6.54 Å². The minimum atomic E-state index is -0.0834. The Balaban J connectivity index is 1.83. The van der Waals surface area contributed by atoms with Gasteiger partial charge >= 0.3 is 0 Å². The van der Waals surface area contributed by atoms with Crippen LogP contribution < -0.4 is 5.73 Å². The van der Waals surface area contributed by atoms with E-state index in [9.17, 15) is 5.11 Å². The van der Waals surface area contributed by atoms with Crippen molar-refractivity contribution in [1.29, 1.82) is 0 Å². The molecular formula is C19H25N5O. The molecule has 0 saturated carbocycles. The first kappa shape index (κ1) is 17.2. The van der Waals surface area contributed by atoms with Crippen LogP contribution in [0.4, 0.5) is 5.82 Å². The van der Waals surface area contributed by atoms with Crippen LogP contribution in [0.5, 0.6) is 6.01 Å². The van der Waals surface area contributed by atoms with Crippen LogP contribution in [0.1, 0.15) is 50.4 Å². The Morgan fingerprint density at radius 2 is 1.76 bits per heavy atom. The van der Waals surface area contributed by atoms with E-state index in [1.54, 1.807) is 4.57 Å². The Bertz CT molecular complexity index is 829. The highest BCUT2D eigenvalue weighted by Crippen LogP contribution is 2.24. The molecule has 0 radical (unpaired) electrons. The first-order valence-electron chi connectivity index (χ1n) is 8.94. The maximum absolute atomic E-state index is 10.2. The Kier molecular flexibility index (Phi) is 5.48. The van der Waals surface area contributed by atoms with Crippen LogP contribution in [0.3, 0.4) is 0 Å². The number of nitrogens with zero attached hydrogens (tertiary/aromatic N) is 4.